The zero-order chi connectivity index (χ0) is 13.7. The summed E-state index contributed by atoms with van der Waals surface area (Å²) in [4.78, 5) is 3.31. The largest absolute Gasteiger partial charge is 0.354 e. The van der Waals surface area contributed by atoms with Crippen molar-refractivity contribution in [3.8, 4) is 11.1 Å². The molecule has 0 saturated carbocycles. The molecule has 20 heavy (non-hydrogen) atoms. The van der Waals surface area contributed by atoms with Crippen molar-refractivity contribution in [2.75, 3.05) is 0 Å². The monoisotopic (exact) mass is 279 g/mol. The Kier molecular flexibility index (Phi) is 2.32. The van der Waals surface area contributed by atoms with Gasteiger partial charge in [0.2, 0.25) is 0 Å². The smallest absolute Gasteiger partial charge is 0.349 e. The standard InChI is InChI=1S/C16H10NO2P/c18-20(19)14-8-4-7-12-16(14)15-11-6-3-1-2-5-10(11)9-13(15)17-12/h1-9,17H. The molecule has 4 heteroatoms. The Morgan fingerprint density at radius 1 is 0.800 bits per heavy atom. The van der Waals surface area contributed by atoms with Crippen molar-refractivity contribution >= 4 is 34.8 Å². The number of aromatic nitrogens is 1. The molecule has 2 aliphatic carbocycles. The highest BCUT2D eigenvalue weighted by molar-refractivity contribution is 7.41. The predicted octanol–water partition coefficient (Wildman–Crippen LogP) is 4.22. The minimum Gasteiger partial charge on any atom is -0.354 e. The first-order valence-corrected chi connectivity index (χ1v) is 7.50. The van der Waals surface area contributed by atoms with Gasteiger partial charge in [-0.05, 0) is 29.3 Å². The van der Waals surface area contributed by atoms with Gasteiger partial charge in [0, 0.05) is 21.8 Å². The number of H-pyrrole nitrogens is 1. The van der Waals surface area contributed by atoms with Crippen molar-refractivity contribution in [1.82, 2.24) is 4.98 Å². The first-order valence-electron chi connectivity index (χ1n) is 6.32. The molecule has 0 fully saturated rings. The first kappa shape index (κ1) is 11.4. The highest BCUT2D eigenvalue weighted by Gasteiger charge is 2.17. The van der Waals surface area contributed by atoms with E-state index in [1.54, 1.807) is 12.1 Å². The molecule has 0 radical (unpaired) electrons. The SMILES string of the molecule is O=P(=O)c1cccc2[nH]c3cc4cccccc-4c3c12. The zero-order valence-electron chi connectivity index (χ0n) is 10.5. The number of hydrogen-bond acceptors (Lipinski definition) is 2. The van der Waals surface area contributed by atoms with Gasteiger partial charge in [-0.15, -0.1) is 0 Å². The summed E-state index contributed by atoms with van der Waals surface area (Å²) in [5.41, 5.74) is 4.01. The Bertz CT molecular complexity index is 990. The molecule has 0 saturated heterocycles. The van der Waals surface area contributed by atoms with E-state index in [-0.39, 0.29) is 0 Å². The molecule has 2 aromatic rings. The van der Waals surface area contributed by atoms with Gasteiger partial charge in [0.05, 0.1) is 5.30 Å². The number of nitrogens with one attached hydrogen (secondary N) is 1. The molecule has 3 nitrogen and oxygen atoms in total. The van der Waals surface area contributed by atoms with Crippen LogP contribution in [-0.2, 0) is 9.13 Å². The topological polar surface area (TPSA) is 49.9 Å². The maximum absolute atomic E-state index is 11.5. The molecule has 96 valence electrons. The van der Waals surface area contributed by atoms with E-state index in [2.05, 4.69) is 11.1 Å². The average molecular weight is 279 g/mol. The molecular formula is C16H10NO2P. The fourth-order valence-electron chi connectivity index (χ4n) is 2.86. The Balaban J connectivity index is 2.30. The van der Waals surface area contributed by atoms with Gasteiger partial charge in [-0.2, -0.15) is 0 Å². The van der Waals surface area contributed by atoms with Gasteiger partial charge in [-0.25, -0.2) is 9.13 Å². The van der Waals surface area contributed by atoms with E-state index in [1.807, 2.05) is 36.4 Å². The zero-order valence-corrected chi connectivity index (χ0v) is 11.4. The molecule has 1 aromatic heterocycles. The molecule has 1 aromatic carbocycles. The van der Waals surface area contributed by atoms with E-state index in [4.69, 9.17) is 0 Å². The molecule has 0 amide bonds. The number of hydrogen-bond donors (Lipinski definition) is 1. The summed E-state index contributed by atoms with van der Waals surface area (Å²) in [6, 6.07) is 17.4. The average Bonchev–Trinajstić information content (AvgIpc) is 2.85. The maximum Gasteiger partial charge on any atom is 0.349 e. The van der Waals surface area contributed by atoms with E-state index in [0.29, 0.717) is 5.30 Å². The Hall–Kier alpha value is -2.38. The lowest BCUT2D eigenvalue weighted by atomic mass is 10.1. The highest BCUT2D eigenvalue weighted by atomic mass is 31.1. The molecule has 4 rings (SSSR count). The van der Waals surface area contributed by atoms with Crippen LogP contribution in [0.1, 0.15) is 0 Å². The van der Waals surface area contributed by atoms with Crippen LogP contribution in [0.15, 0.2) is 54.6 Å². The van der Waals surface area contributed by atoms with Crippen LogP contribution in [-0.4, -0.2) is 4.98 Å². The van der Waals surface area contributed by atoms with Crippen molar-refractivity contribution < 1.29 is 9.13 Å². The van der Waals surface area contributed by atoms with Gasteiger partial charge in [0.25, 0.3) is 0 Å². The van der Waals surface area contributed by atoms with Gasteiger partial charge >= 0.3 is 7.68 Å². The summed E-state index contributed by atoms with van der Waals surface area (Å²) in [6.45, 7) is 0. The normalized spacial score (nSPS) is 11.4. The number of benzene rings is 1. The molecule has 1 heterocycles. The second kappa shape index (κ2) is 4.06. The summed E-state index contributed by atoms with van der Waals surface area (Å²) in [7, 11) is -2.61. The highest BCUT2D eigenvalue weighted by Crippen LogP contribution is 2.38. The molecule has 0 atom stereocenters. The third-order valence-corrected chi connectivity index (χ3v) is 4.43. The molecule has 0 unspecified atom stereocenters. The molecular weight excluding hydrogens is 269 g/mol. The lowest BCUT2D eigenvalue weighted by Crippen LogP contribution is -1.93. The fourth-order valence-corrected chi connectivity index (χ4v) is 3.48. The second-order valence-electron chi connectivity index (χ2n) is 4.79. The van der Waals surface area contributed by atoms with Crippen molar-refractivity contribution in [3.63, 3.8) is 0 Å². The number of fused-ring (bicyclic) bond motifs is 5. The van der Waals surface area contributed by atoms with E-state index in [1.165, 1.54) is 0 Å². The van der Waals surface area contributed by atoms with Crippen molar-refractivity contribution in [2.45, 2.75) is 0 Å². The van der Waals surface area contributed by atoms with Gasteiger partial charge in [-0.3, -0.25) is 0 Å². The second-order valence-corrected chi connectivity index (χ2v) is 5.79. The van der Waals surface area contributed by atoms with Crippen molar-refractivity contribution in [1.29, 1.82) is 0 Å². The number of rotatable bonds is 1. The van der Waals surface area contributed by atoms with Gasteiger partial charge in [0.1, 0.15) is 0 Å². The Labute approximate surface area is 115 Å². The summed E-state index contributed by atoms with van der Waals surface area (Å²) < 4.78 is 23.0. The number of aromatic amines is 1. The van der Waals surface area contributed by atoms with Gasteiger partial charge in [-0.1, -0.05) is 36.4 Å². The quantitative estimate of drug-likeness (QED) is 0.530. The van der Waals surface area contributed by atoms with E-state index >= 15 is 0 Å². The molecule has 1 N–H and O–H groups in total. The van der Waals surface area contributed by atoms with E-state index in [9.17, 15) is 9.13 Å². The van der Waals surface area contributed by atoms with Crippen LogP contribution in [0.4, 0.5) is 0 Å². The molecule has 2 aliphatic rings. The van der Waals surface area contributed by atoms with Crippen LogP contribution < -0.4 is 5.30 Å². The third kappa shape index (κ3) is 1.47. The third-order valence-electron chi connectivity index (χ3n) is 3.67. The molecule has 0 aliphatic heterocycles. The van der Waals surface area contributed by atoms with Crippen molar-refractivity contribution in [2.24, 2.45) is 0 Å². The fraction of sp³-hybridized carbons (Fsp3) is 0. The Morgan fingerprint density at radius 2 is 1.65 bits per heavy atom. The van der Waals surface area contributed by atoms with Crippen LogP contribution in [0.3, 0.4) is 0 Å². The van der Waals surface area contributed by atoms with Crippen LogP contribution in [0.5, 0.6) is 0 Å². The lowest BCUT2D eigenvalue weighted by Gasteiger charge is -1.97. The lowest BCUT2D eigenvalue weighted by molar-refractivity contribution is 0.523. The van der Waals surface area contributed by atoms with Crippen LogP contribution in [0, 0.1) is 0 Å². The Morgan fingerprint density at radius 3 is 2.50 bits per heavy atom. The first-order chi connectivity index (χ1) is 9.75. The summed E-state index contributed by atoms with van der Waals surface area (Å²) >= 11 is 0. The van der Waals surface area contributed by atoms with Crippen LogP contribution in [0.2, 0.25) is 0 Å². The summed E-state index contributed by atoms with van der Waals surface area (Å²) in [5, 5.41) is 2.16. The van der Waals surface area contributed by atoms with E-state index in [0.717, 1.165) is 32.9 Å². The van der Waals surface area contributed by atoms with E-state index < -0.39 is 7.68 Å². The summed E-state index contributed by atoms with van der Waals surface area (Å²) in [5.74, 6) is 0. The van der Waals surface area contributed by atoms with Crippen LogP contribution in [0.25, 0.3) is 32.9 Å². The predicted molar refractivity (Wildman–Crippen MR) is 80.4 cm³/mol. The van der Waals surface area contributed by atoms with Gasteiger partial charge < -0.3 is 4.98 Å². The van der Waals surface area contributed by atoms with Crippen LogP contribution >= 0.6 is 7.68 Å². The van der Waals surface area contributed by atoms with Gasteiger partial charge in [0.15, 0.2) is 0 Å². The molecule has 0 spiro atoms. The minimum absolute atomic E-state index is 0.378. The maximum atomic E-state index is 11.5. The molecule has 0 bridgehead atoms. The van der Waals surface area contributed by atoms with Crippen molar-refractivity contribution in [3.05, 3.63) is 54.6 Å². The minimum atomic E-state index is -2.61. The summed E-state index contributed by atoms with van der Waals surface area (Å²) in [6.07, 6.45) is 0.